The highest BCUT2D eigenvalue weighted by molar-refractivity contribution is 5.85. The van der Waals surface area contributed by atoms with Gasteiger partial charge in [0.25, 0.3) is 0 Å². The van der Waals surface area contributed by atoms with Gasteiger partial charge in [-0.25, -0.2) is 4.79 Å². The van der Waals surface area contributed by atoms with Crippen molar-refractivity contribution in [3.63, 3.8) is 0 Å². The van der Waals surface area contributed by atoms with Gasteiger partial charge in [0.1, 0.15) is 6.04 Å². The number of hydrogen-bond acceptors (Lipinski definition) is 3. The third-order valence-electron chi connectivity index (χ3n) is 3.09. The minimum Gasteiger partial charge on any atom is -0.480 e. The van der Waals surface area contributed by atoms with Crippen molar-refractivity contribution in [2.75, 3.05) is 13.1 Å². The predicted octanol–water partition coefficient (Wildman–Crippen LogP) is 0.437. The molecule has 0 radical (unpaired) electrons. The largest absolute Gasteiger partial charge is 0.480 e. The zero-order valence-corrected chi connectivity index (χ0v) is 9.69. The Balaban J connectivity index is 2.67. The van der Waals surface area contributed by atoms with E-state index in [4.69, 9.17) is 10.8 Å². The van der Waals surface area contributed by atoms with E-state index in [9.17, 15) is 9.59 Å². The lowest BCUT2D eigenvalue weighted by Crippen LogP contribution is -2.45. The van der Waals surface area contributed by atoms with Gasteiger partial charge in [0, 0.05) is 13.1 Å². The maximum Gasteiger partial charge on any atom is 0.326 e. The van der Waals surface area contributed by atoms with Gasteiger partial charge in [-0.1, -0.05) is 13.3 Å². The Morgan fingerprint density at radius 2 is 2.25 bits per heavy atom. The molecule has 0 bridgehead atoms. The minimum absolute atomic E-state index is 0.0887. The van der Waals surface area contributed by atoms with Crippen LogP contribution in [0.5, 0.6) is 0 Å². The molecule has 1 amide bonds. The molecule has 2 unspecified atom stereocenters. The van der Waals surface area contributed by atoms with Crippen molar-refractivity contribution in [2.24, 2.45) is 11.7 Å². The number of likely N-dealkylation sites (tertiary alicyclic amines) is 1. The fourth-order valence-electron chi connectivity index (χ4n) is 2.21. The van der Waals surface area contributed by atoms with Crippen LogP contribution in [0.4, 0.5) is 0 Å². The normalized spacial score (nSPS) is 22.1. The average molecular weight is 228 g/mol. The second kappa shape index (κ2) is 5.84. The Morgan fingerprint density at radius 3 is 2.75 bits per heavy atom. The van der Waals surface area contributed by atoms with E-state index in [-0.39, 0.29) is 11.8 Å². The van der Waals surface area contributed by atoms with E-state index in [1.165, 1.54) is 4.90 Å². The van der Waals surface area contributed by atoms with E-state index in [1.807, 2.05) is 6.92 Å². The van der Waals surface area contributed by atoms with E-state index in [1.54, 1.807) is 0 Å². The summed E-state index contributed by atoms with van der Waals surface area (Å²) in [5, 5.41) is 8.99. The highest BCUT2D eigenvalue weighted by atomic mass is 16.4. The zero-order chi connectivity index (χ0) is 12.1. The van der Waals surface area contributed by atoms with Gasteiger partial charge < -0.3 is 15.7 Å². The van der Waals surface area contributed by atoms with Gasteiger partial charge in [0.15, 0.2) is 0 Å². The standard InChI is InChI=1S/C11H20N2O3/c1-2-4-8(7-12)10(14)13-6-3-5-9(13)11(15)16/h8-9H,2-7,12H2,1H3,(H,15,16). The lowest BCUT2D eigenvalue weighted by Gasteiger charge is -2.25. The van der Waals surface area contributed by atoms with Crippen LogP contribution in [0.15, 0.2) is 0 Å². The van der Waals surface area contributed by atoms with Crippen LogP contribution in [0.3, 0.4) is 0 Å². The smallest absolute Gasteiger partial charge is 0.326 e. The third-order valence-corrected chi connectivity index (χ3v) is 3.09. The number of nitrogens with two attached hydrogens (primary N) is 1. The van der Waals surface area contributed by atoms with Crippen molar-refractivity contribution in [1.29, 1.82) is 0 Å². The van der Waals surface area contributed by atoms with Crippen molar-refractivity contribution >= 4 is 11.9 Å². The Labute approximate surface area is 95.6 Å². The van der Waals surface area contributed by atoms with Crippen LogP contribution in [0, 0.1) is 5.92 Å². The Morgan fingerprint density at radius 1 is 1.56 bits per heavy atom. The summed E-state index contributed by atoms with van der Waals surface area (Å²) in [4.78, 5) is 24.5. The quantitative estimate of drug-likeness (QED) is 0.715. The molecule has 0 saturated carbocycles. The number of carboxylic acids is 1. The lowest BCUT2D eigenvalue weighted by molar-refractivity contribution is -0.149. The summed E-state index contributed by atoms with van der Waals surface area (Å²) in [5.74, 6) is -1.21. The Kier molecular flexibility index (Phi) is 4.73. The van der Waals surface area contributed by atoms with Crippen molar-refractivity contribution in [3.8, 4) is 0 Å². The topological polar surface area (TPSA) is 83.6 Å². The van der Waals surface area contributed by atoms with Crippen molar-refractivity contribution in [2.45, 2.75) is 38.6 Å². The fourth-order valence-corrected chi connectivity index (χ4v) is 2.21. The van der Waals surface area contributed by atoms with E-state index in [0.29, 0.717) is 19.5 Å². The molecule has 0 aromatic carbocycles. The SMILES string of the molecule is CCCC(CN)C(=O)N1CCCC1C(=O)O. The summed E-state index contributed by atoms with van der Waals surface area (Å²) >= 11 is 0. The third kappa shape index (κ3) is 2.72. The molecule has 3 N–H and O–H groups in total. The maximum absolute atomic E-state index is 12.1. The summed E-state index contributed by atoms with van der Waals surface area (Å²) in [5.41, 5.74) is 5.55. The van der Waals surface area contributed by atoms with Gasteiger partial charge in [-0.2, -0.15) is 0 Å². The highest BCUT2D eigenvalue weighted by Gasteiger charge is 2.36. The Bertz CT molecular complexity index is 268. The van der Waals surface area contributed by atoms with Gasteiger partial charge in [-0.15, -0.1) is 0 Å². The van der Waals surface area contributed by atoms with Crippen molar-refractivity contribution in [3.05, 3.63) is 0 Å². The monoisotopic (exact) mass is 228 g/mol. The van der Waals surface area contributed by atoms with Gasteiger partial charge in [-0.05, 0) is 19.3 Å². The van der Waals surface area contributed by atoms with E-state index >= 15 is 0 Å². The van der Waals surface area contributed by atoms with Crippen LogP contribution >= 0.6 is 0 Å². The molecular formula is C11H20N2O3. The molecule has 1 rings (SSSR count). The lowest BCUT2D eigenvalue weighted by atomic mass is 10.0. The van der Waals surface area contributed by atoms with Crippen molar-refractivity contribution in [1.82, 2.24) is 4.90 Å². The Hall–Kier alpha value is -1.10. The first-order valence-electron chi connectivity index (χ1n) is 5.85. The molecule has 0 aliphatic carbocycles. The van der Waals surface area contributed by atoms with Gasteiger partial charge in [0.2, 0.25) is 5.91 Å². The molecule has 0 aromatic heterocycles. The molecule has 5 heteroatoms. The fraction of sp³-hybridized carbons (Fsp3) is 0.818. The maximum atomic E-state index is 12.1. The number of aliphatic carboxylic acids is 1. The number of carbonyl (C=O) groups is 2. The number of amides is 1. The van der Waals surface area contributed by atoms with Crippen LogP contribution < -0.4 is 5.73 Å². The van der Waals surface area contributed by atoms with Gasteiger partial charge in [-0.3, -0.25) is 4.79 Å². The molecule has 1 heterocycles. The summed E-state index contributed by atoms with van der Waals surface area (Å²) in [6, 6.07) is -0.640. The number of nitrogens with zero attached hydrogens (tertiary/aromatic N) is 1. The molecule has 1 fully saturated rings. The van der Waals surface area contributed by atoms with E-state index < -0.39 is 12.0 Å². The van der Waals surface area contributed by atoms with Crippen molar-refractivity contribution < 1.29 is 14.7 Å². The molecule has 92 valence electrons. The molecule has 0 aromatic rings. The summed E-state index contributed by atoms with van der Waals surface area (Å²) in [6.45, 7) is 2.85. The van der Waals surface area contributed by atoms with Gasteiger partial charge in [0.05, 0.1) is 5.92 Å². The van der Waals surface area contributed by atoms with Gasteiger partial charge >= 0.3 is 5.97 Å². The zero-order valence-electron chi connectivity index (χ0n) is 9.69. The average Bonchev–Trinajstić information content (AvgIpc) is 2.73. The number of carboxylic acid groups (broad SMARTS) is 1. The van der Waals surface area contributed by atoms with Crippen LogP contribution in [0.1, 0.15) is 32.6 Å². The minimum atomic E-state index is -0.905. The second-order valence-electron chi connectivity index (χ2n) is 4.25. The first-order chi connectivity index (χ1) is 7.61. The molecule has 1 aliphatic rings. The van der Waals surface area contributed by atoms with Crippen LogP contribution in [0.2, 0.25) is 0 Å². The molecule has 16 heavy (non-hydrogen) atoms. The number of hydrogen-bond donors (Lipinski definition) is 2. The molecule has 0 spiro atoms. The van der Waals surface area contributed by atoms with Crippen LogP contribution in [0.25, 0.3) is 0 Å². The molecule has 1 saturated heterocycles. The molecule has 5 nitrogen and oxygen atoms in total. The summed E-state index contributed by atoms with van der Waals surface area (Å²) in [6.07, 6.45) is 2.95. The molecule has 2 atom stereocenters. The second-order valence-corrected chi connectivity index (χ2v) is 4.25. The number of carbonyl (C=O) groups excluding carboxylic acids is 1. The highest BCUT2D eigenvalue weighted by Crippen LogP contribution is 2.21. The van der Waals surface area contributed by atoms with Crippen LogP contribution in [-0.2, 0) is 9.59 Å². The van der Waals surface area contributed by atoms with Crippen LogP contribution in [-0.4, -0.2) is 41.0 Å². The van der Waals surface area contributed by atoms with E-state index in [0.717, 1.165) is 19.3 Å². The number of rotatable bonds is 5. The summed E-state index contributed by atoms with van der Waals surface area (Å²) < 4.78 is 0. The molecular weight excluding hydrogens is 208 g/mol. The summed E-state index contributed by atoms with van der Waals surface area (Å²) in [7, 11) is 0. The molecule has 1 aliphatic heterocycles. The first-order valence-corrected chi connectivity index (χ1v) is 5.85. The first kappa shape index (κ1) is 13.0. The van der Waals surface area contributed by atoms with E-state index in [2.05, 4.69) is 0 Å². The predicted molar refractivity (Wildman–Crippen MR) is 59.8 cm³/mol.